The Kier molecular flexibility index (Phi) is 6.57. The van der Waals surface area contributed by atoms with Crippen LogP contribution in [0, 0.1) is 0 Å². The molecule has 1 saturated heterocycles. The second-order valence-corrected chi connectivity index (χ2v) is 5.84. The number of ether oxygens (including phenoxy) is 2. The van der Waals surface area contributed by atoms with E-state index < -0.39 is 34.6 Å². The zero-order valence-electron chi connectivity index (χ0n) is 11.6. The summed E-state index contributed by atoms with van der Waals surface area (Å²) >= 11 is 0. The average molecular weight is 354 g/mol. The first kappa shape index (κ1) is 19.9. The average Bonchev–Trinajstić information content (AvgIpc) is 2.48. The number of hydrogen-bond acceptors (Lipinski definition) is 6. The summed E-state index contributed by atoms with van der Waals surface area (Å²) in [6.07, 6.45) is -0.950. The molecule has 2 N–H and O–H groups in total. The number of amides is 2. The summed E-state index contributed by atoms with van der Waals surface area (Å²) in [5, 5.41) is 2.15. The minimum atomic E-state index is -4.68. The number of carbonyl (C=O) groups is 2. The van der Waals surface area contributed by atoms with Crippen molar-refractivity contribution in [1.29, 1.82) is 0 Å². The normalized spacial score (nSPS) is 20.3. The Bertz CT molecular complexity index is 682. The Morgan fingerprint density at radius 1 is 1.39 bits per heavy atom. The molecule has 0 bridgehead atoms. The fourth-order valence-electron chi connectivity index (χ4n) is 1.86. The Labute approximate surface area is 155 Å². The summed E-state index contributed by atoms with van der Waals surface area (Å²) in [6, 6.07) is 8.83. The van der Waals surface area contributed by atoms with E-state index in [-0.39, 0.29) is 40.5 Å². The van der Waals surface area contributed by atoms with Crippen molar-refractivity contribution in [3.05, 3.63) is 35.9 Å². The molecular weight excluding hydrogens is 339 g/mol. The third kappa shape index (κ3) is 4.43. The third-order valence-electron chi connectivity index (χ3n) is 3.08. The SMILES string of the molecule is COC1(NC(=O)OCc2ccccc2)CN(S(=O)(=O)O)C1=O.[NaH]. The van der Waals surface area contributed by atoms with Crippen molar-refractivity contribution in [2.75, 3.05) is 13.7 Å². The molecule has 1 aromatic rings. The van der Waals surface area contributed by atoms with Crippen molar-refractivity contribution in [3.63, 3.8) is 0 Å². The van der Waals surface area contributed by atoms with E-state index in [0.29, 0.717) is 0 Å². The van der Waals surface area contributed by atoms with Crippen molar-refractivity contribution in [2.24, 2.45) is 0 Å². The molecule has 0 radical (unpaired) electrons. The summed E-state index contributed by atoms with van der Waals surface area (Å²) in [5.41, 5.74) is -1.12. The zero-order valence-corrected chi connectivity index (χ0v) is 12.4. The Morgan fingerprint density at radius 2 is 2.00 bits per heavy atom. The van der Waals surface area contributed by atoms with Crippen molar-refractivity contribution >= 4 is 51.9 Å². The van der Waals surface area contributed by atoms with Gasteiger partial charge in [0.05, 0.1) is 6.54 Å². The van der Waals surface area contributed by atoms with E-state index in [1.165, 1.54) is 0 Å². The van der Waals surface area contributed by atoms with E-state index in [1.54, 1.807) is 30.3 Å². The minimum absolute atomic E-state index is 0. The summed E-state index contributed by atoms with van der Waals surface area (Å²) < 4.78 is 40.5. The van der Waals surface area contributed by atoms with Gasteiger partial charge in [0.15, 0.2) is 0 Å². The number of nitrogens with zero attached hydrogens (tertiary/aromatic N) is 1. The summed E-state index contributed by atoms with van der Waals surface area (Å²) in [6.45, 7) is -0.565. The Balaban J connectivity index is 0.00000264. The predicted octanol–water partition coefficient (Wildman–Crippen LogP) is -0.748. The first-order chi connectivity index (χ1) is 10.3. The number of β-lactam (4-membered cyclic amide) rings is 1. The fourth-order valence-corrected chi connectivity index (χ4v) is 2.56. The van der Waals surface area contributed by atoms with Crippen LogP contribution in [0.15, 0.2) is 30.3 Å². The number of rotatable bonds is 5. The van der Waals surface area contributed by atoms with Crippen LogP contribution in [0.1, 0.15) is 5.56 Å². The van der Waals surface area contributed by atoms with Gasteiger partial charge in [0.2, 0.25) is 5.72 Å². The molecule has 11 heteroatoms. The van der Waals surface area contributed by atoms with Crippen LogP contribution < -0.4 is 5.32 Å². The first-order valence-corrected chi connectivity index (χ1v) is 7.52. The zero-order chi connectivity index (χ0) is 16.4. The first-order valence-electron chi connectivity index (χ1n) is 6.12. The molecular formula is C12H15N2NaO7S. The summed E-state index contributed by atoms with van der Waals surface area (Å²) in [5.74, 6) is -1.10. The van der Waals surface area contributed by atoms with Gasteiger partial charge >= 0.3 is 46.0 Å². The van der Waals surface area contributed by atoms with E-state index in [9.17, 15) is 18.0 Å². The van der Waals surface area contributed by atoms with Gasteiger partial charge in [0, 0.05) is 7.11 Å². The van der Waals surface area contributed by atoms with Crippen LogP contribution in [0.3, 0.4) is 0 Å². The molecule has 122 valence electrons. The van der Waals surface area contributed by atoms with Gasteiger partial charge in [-0.1, -0.05) is 30.3 Å². The summed E-state index contributed by atoms with van der Waals surface area (Å²) in [7, 11) is -3.55. The second kappa shape index (κ2) is 7.60. The molecule has 1 fully saturated rings. The van der Waals surface area contributed by atoms with E-state index in [4.69, 9.17) is 14.0 Å². The van der Waals surface area contributed by atoms with E-state index >= 15 is 0 Å². The molecule has 0 spiro atoms. The van der Waals surface area contributed by atoms with Gasteiger partial charge in [0.25, 0.3) is 5.91 Å². The predicted molar refractivity (Wildman–Crippen MR) is 79.9 cm³/mol. The Hall–Kier alpha value is -1.17. The number of hydrogen-bond donors (Lipinski definition) is 2. The number of alkyl carbamates (subject to hydrolysis) is 1. The number of benzene rings is 1. The standard InChI is InChI=1S/C12H14N2O7S.Na.H/c1-20-12(8-14(10(12)15)22(17,18)19)13-11(16)21-7-9-5-3-2-4-6-9;;/h2-6H,7-8H2,1H3,(H,13,16)(H,17,18,19);;. The molecule has 9 nitrogen and oxygen atoms in total. The van der Waals surface area contributed by atoms with Crippen LogP contribution in [0.2, 0.25) is 0 Å². The van der Waals surface area contributed by atoms with Crippen LogP contribution in [0.5, 0.6) is 0 Å². The quantitative estimate of drug-likeness (QED) is 0.309. The monoisotopic (exact) mass is 354 g/mol. The van der Waals surface area contributed by atoms with Gasteiger partial charge in [-0.2, -0.15) is 8.42 Å². The second-order valence-electron chi connectivity index (χ2n) is 4.51. The molecule has 0 aliphatic carbocycles. The molecule has 0 aromatic heterocycles. The van der Waals surface area contributed by atoms with Crippen molar-refractivity contribution in [3.8, 4) is 0 Å². The van der Waals surface area contributed by atoms with Crippen molar-refractivity contribution in [2.45, 2.75) is 12.3 Å². The van der Waals surface area contributed by atoms with Gasteiger partial charge in [0.1, 0.15) is 6.61 Å². The van der Waals surface area contributed by atoms with Crippen LogP contribution in [0.4, 0.5) is 4.79 Å². The summed E-state index contributed by atoms with van der Waals surface area (Å²) in [4.78, 5) is 23.5. The van der Waals surface area contributed by atoms with E-state index in [0.717, 1.165) is 12.7 Å². The molecule has 1 aliphatic rings. The van der Waals surface area contributed by atoms with E-state index in [1.807, 2.05) is 0 Å². The van der Waals surface area contributed by atoms with Crippen molar-refractivity contribution < 1.29 is 32.0 Å². The fraction of sp³-hybridized carbons (Fsp3) is 0.333. The van der Waals surface area contributed by atoms with Gasteiger partial charge in [-0.25, -0.2) is 9.10 Å². The molecule has 0 saturated carbocycles. The molecule has 1 unspecified atom stereocenters. The van der Waals surface area contributed by atoms with Crippen LogP contribution in [-0.4, -0.2) is 78.2 Å². The van der Waals surface area contributed by atoms with Crippen LogP contribution in [0.25, 0.3) is 0 Å². The molecule has 1 aliphatic heterocycles. The van der Waals surface area contributed by atoms with Gasteiger partial charge < -0.3 is 9.47 Å². The maximum atomic E-state index is 11.8. The number of carbonyl (C=O) groups excluding carboxylic acids is 2. The molecule has 23 heavy (non-hydrogen) atoms. The van der Waals surface area contributed by atoms with E-state index in [2.05, 4.69) is 5.32 Å². The van der Waals surface area contributed by atoms with Gasteiger partial charge in [-0.05, 0) is 5.56 Å². The van der Waals surface area contributed by atoms with Crippen molar-refractivity contribution in [1.82, 2.24) is 9.62 Å². The molecule has 1 heterocycles. The topological polar surface area (TPSA) is 122 Å². The molecule has 1 aromatic carbocycles. The van der Waals surface area contributed by atoms with Gasteiger partial charge in [-0.3, -0.25) is 14.7 Å². The van der Waals surface area contributed by atoms with Crippen LogP contribution >= 0.6 is 0 Å². The molecule has 2 rings (SSSR count). The molecule has 2 amide bonds. The maximum absolute atomic E-state index is 11.8. The third-order valence-corrected chi connectivity index (χ3v) is 3.93. The number of methoxy groups -OCH3 is 1. The Morgan fingerprint density at radius 3 is 2.48 bits per heavy atom. The molecule has 1 atom stereocenters. The number of nitrogens with one attached hydrogen (secondary N) is 1. The van der Waals surface area contributed by atoms with Crippen LogP contribution in [-0.2, 0) is 31.2 Å². The van der Waals surface area contributed by atoms with Gasteiger partial charge in [-0.15, -0.1) is 0 Å².